The lowest BCUT2D eigenvalue weighted by atomic mass is 9.44. The summed E-state index contributed by atoms with van der Waals surface area (Å²) in [6.45, 7) is 0. The Morgan fingerprint density at radius 3 is 2.38 bits per heavy atom. The second-order valence-corrected chi connectivity index (χ2v) is 7.44. The third kappa shape index (κ3) is 2.07. The van der Waals surface area contributed by atoms with Crippen LogP contribution in [0.25, 0.3) is 0 Å². The Kier molecular flexibility index (Phi) is 2.70. The Labute approximate surface area is 125 Å². The van der Waals surface area contributed by atoms with Gasteiger partial charge in [-0.2, -0.15) is 0 Å². The van der Waals surface area contributed by atoms with Crippen LogP contribution in [0.15, 0.2) is 30.3 Å². The topological polar surface area (TPSA) is 37.3 Å². The maximum absolute atomic E-state index is 11.8. The SMILES string of the molecule is O=C(O)C12CC3CC(CC(C#Cc4ccccc4)(C3)C1)C2. The molecule has 1 N–H and O–H groups in total. The number of carbonyl (C=O) groups is 1. The lowest BCUT2D eigenvalue weighted by Gasteiger charge is -2.58. The average Bonchev–Trinajstić information content (AvgIpc) is 2.45. The van der Waals surface area contributed by atoms with Gasteiger partial charge in [0.1, 0.15) is 0 Å². The van der Waals surface area contributed by atoms with Crippen LogP contribution in [0, 0.1) is 34.5 Å². The third-order valence-corrected chi connectivity index (χ3v) is 5.76. The van der Waals surface area contributed by atoms with Crippen LogP contribution < -0.4 is 0 Å². The minimum absolute atomic E-state index is 0.0433. The Bertz CT molecular complexity index is 621. The quantitative estimate of drug-likeness (QED) is 0.796. The molecule has 2 atom stereocenters. The van der Waals surface area contributed by atoms with E-state index in [4.69, 9.17) is 0 Å². The van der Waals surface area contributed by atoms with E-state index in [0.29, 0.717) is 11.8 Å². The van der Waals surface area contributed by atoms with Gasteiger partial charge < -0.3 is 5.11 Å². The van der Waals surface area contributed by atoms with Gasteiger partial charge in [0.25, 0.3) is 0 Å². The molecule has 21 heavy (non-hydrogen) atoms. The number of hydrogen-bond donors (Lipinski definition) is 1. The number of rotatable bonds is 1. The van der Waals surface area contributed by atoms with Gasteiger partial charge in [-0.25, -0.2) is 0 Å². The number of carboxylic acids is 1. The van der Waals surface area contributed by atoms with Crippen LogP contribution in [0.1, 0.15) is 44.1 Å². The van der Waals surface area contributed by atoms with Crippen LogP contribution in [-0.2, 0) is 4.79 Å². The van der Waals surface area contributed by atoms with E-state index in [2.05, 4.69) is 11.8 Å². The Hall–Kier alpha value is -1.75. The fourth-order valence-corrected chi connectivity index (χ4v) is 5.39. The van der Waals surface area contributed by atoms with Crippen molar-refractivity contribution in [2.75, 3.05) is 0 Å². The molecule has 1 aromatic carbocycles. The average molecular weight is 280 g/mol. The molecule has 0 aliphatic heterocycles. The summed E-state index contributed by atoms with van der Waals surface area (Å²) in [4.78, 5) is 11.8. The molecule has 2 nitrogen and oxygen atoms in total. The summed E-state index contributed by atoms with van der Waals surface area (Å²) in [5, 5.41) is 9.73. The first-order valence-electron chi connectivity index (χ1n) is 7.91. The maximum Gasteiger partial charge on any atom is 0.309 e. The van der Waals surface area contributed by atoms with Crippen LogP contribution in [0.3, 0.4) is 0 Å². The molecule has 0 spiro atoms. The van der Waals surface area contributed by atoms with Crippen LogP contribution in [0.5, 0.6) is 0 Å². The minimum atomic E-state index is -0.581. The van der Waals surface area contributed by atoms with E-state index in [1.165, 1.54) is 6.42 Å². The van der Waals surface area contributed by atoms with Crippen LogP contribution in [0.4, 0.5) is 0 Å². The summed E-state index contributed by atoms with van der Waals surface area (Å²) < 4.78 is 0. The molecule has 4 saturated carbocycles. The summed E-state index contributed by atoms with van der Waals surface area (Å²) in [6, 6.07) is 10.1. The molecule has 4 bridgehead atoms. The summed E-state index contributed by atoms with van der Waals surface area (Å²) >= 11 is 0. The normalized spacial score (nSPS) is 39.6. The number of hydrogen-bond acceptors (Lipinski definition) is 1. The largest absolute Gasteiger partial charge is 0.481 e. The van der Waals surface area contributed by atoms with Crippen molar-refractivity contribution in [2.24, 2.45) is 22.7 Å². The molecule has 0 saturated heterocycles. The van der Waals surface area contributed by atoms with Gasteiger partial charge in [0.05, 0.1) is 5.41 Å². The van der Waals surface area contributed by atoms with Gasteiger partial charge >= 0.3 is 5.97 Å². The highest BCUT2D eigenvalue weighted by molar-refractivity contribution is 5.75. The molecule has 4 fully saturated rings. The first kappa shape index (κ1) is 13.0. The lowest BCUT2D eigenvalue weighted by Crippen LogP contribution is -2.54. The molecular formula is C19H20O2. The number of carboxylic acid groups (broad SMARTS) is 1. The van der Waals surface area contributed by atoms with Crippen LogP contribution in [-0.4, -0.2) is 11.1 Å². The molecule has 4 aliphatic carbocycles. The predicted octanol–water partition coefficient (Wildman–Crippen LogP) is 3.71. The molecule has 0 radical (unpaired) electrons. The molecule has 5 rings (SSSR count). The standard InChI is InChI=1S/C19H20O2/c20-17(21)19-11-15-8-16(12-19)10-18(9-15,13-19)7-6-14-4-2-1-3-5-14/h1-5,15-16H,8-13H2,(H,20,21). The Morgan fingerprint density at radius 1 is 1.10 bits per heavy atom. The molecular weight excluding hydrogens is 260 g/mol. The van der Waals surface area contributed by atoms with Crippen molar-refractivity contribution in [1.29, 1.82) is 0 Å². The van der Waals surface area contributed by atoms with Crippen molar-refractivity contribution in [1.82, 2.24) is 0 Å². The van der Waals surface area contributed by atoms with Crippen molar-refractivity contribution in [3.05, 3.63) is 35.9 Å². The second kappa shape index (κ2) is 4.37. The molecule has 1 aromatic rings. The highest BCUT2D eigenvalue weighted by Crippen LogP contribution is 2.65. The summed E-state index contributed by atoms with van der Waals surface area (Å²) in [7, 11) is 0. The zero-order valence-corrected chi connectivity index (χ0v) is 12.1. The number of aliphatic carboxylic acids is 1. The predicted molar refractivity (Wildman–Crippen MR) is 80.5 cm³/mol. The molecule has 0 heterocycles. The second-order valence-electron chi connectivity index (χ2n) is 7.44. The van der Waals surface area contributed by atoms with Gasteiger partial charge in [0.15, 0.2) is 0 Å². The monoisotopic (exact) mass is 280 g/mol. The van der Waals surface area contributed by atoms with Crippen LogP contribution in [0.2, 0.25) is 0 Å². The summed E-state index contributed by atoms with van der Waals surface area (Å²) in [6.07, 6.45) is 5.98. The van der Waals surface area contributed by atoms with Gasteiger partial charge in [-0.15, -0.1) is 0 Å². The van der Waals surface area contributed by atoms with Gasteiger partial charge in [-0.05, 0) is 62.5 Å². The van der Waals surface area contributed by atoms with Crippen molar-refractivity contribution in [3.8, 4) is 11.8 Å². The van der Waals surface area contributed by atoms with Crippen LogP contribution >= 0.6 is 0 Å². The zero-order valence-electron chi connectivity index (χ0n) is 12.1. The number of benzene rings is 1. The third-order valence-electron chi connectivity index (χ3n) is 5.76. The Balaban J connectivity index is 1.69. The molecule has 0 amide bonds. The van der Waals surface area contributed by atoms with E-state index in [-0.39, 0.29) is 5.41 Å². The van der Waals surface area contributed by atoms with Crippen molar-refractivity contribution < 1.29 is 9.90 Å². The fourth-order valence-electron chi connectivity index (χ4n) is 5.39. The van der Waals surface area contributed by atoms with Gasteiger partial charge in [0.2, 0.25) is 0 Å². The first-order chi connectivity index (χ1) is 10.1. The Morgan fingerprint density at radius 2 is 1.76 bits per heavy atom. The van der Waals surface area contributed by atoms with E-state index in [0.717, 1.165) is 37.7 Å². The van der Waals surface area contributed by atoms with Crippen molar-refractivity contribution in [3.63, 3.8) is 0 Å². The van der Waals surface area contributed by atoms with E-state index in [9.17, 15) is 9.90 Å². The highest BCUT2D eigenvalue weighted by atomic mass is 16.4. The molecule has 0 aromatic heterocycles. The fraction of sp³-hybridized carbons (Fsp3) is 0.526. The molecule has 108 valence electrons. The molecule has 4 aliphatic rings. The van der Waals surface area contributed by atoms with E-state index in [1.807, 2.05) is 30.3 Å². The summed E-state index contributed by atoms with van der Waals surface area (Å²) in [5.41, 5.74) is 0.519. The summed E-state index contributed by atoms with van der Waals surface area (Å²) in [5.74, 6) is 7.40. The first-order valence-corrected chi connectivity index (χ1v) is 7.91. The molecule has 2 unspecified atom stereocenters. The van der Waals surface area contributed by atoms with E-state index in [1.54, 1.807) is 0 Å². The van der Waals surface area contributed by atoms with E-state index >= 15 is 0 Å². The molecule has 2 heteroatoms. The zero-order chi connectivity index (χ0) is 14.5. The van der Waals surface area contributed by atoms with Crippen molar-refractivity contribution >= 4 is 5.97 Å². The highest BCUT2D eigenvalue weighted by Gasteiger charge is 2.60. The smallest absolute Gasteiger partial charge is 0.309 e. The van der Waals surface area contributed by atoms with Gasteiger partial charge in [-0.3, -0.25) is 4.79 Å². The van der Waals surface area contributed by atoms with Gasteiger partial charge in [-0.1, -0.05) is 30.0 Å². The van der Waals surface area contributed by atoms with E-state index < -0.39 is 11.4 Å². The maximum atomic E-state index is 11.8. The lowest BCUT2D eigenvalue weighted by molar-refractivity contribution is -0.169. The van der Waals surface area contributed by atoms with Crippen molar-refractivity contribution in [2.45, 2.75) is 38.5 Å². The van der Waals surface area contributed by atoms with Gasteiger partial charge in [0, 0.05) is 11.0 Å². The minimum Gasteiger partial charge on any atom is -0.481 e.